The van der Waals surface area contributed by atoms with Gasteiger partial charge in [-0.2, -0.15) is 5.10 Å². The molecule has 0 unspecified atom stereocenters. The van der Waals surface area contributed by atoms with E-state index in [0.717, 1.165) is 22.0 Å². The second kappa shape index (κ2) is 5.48. The maximum absolute atomic E-state index is 12.2. The summed E-state index contributed by atoms with van der Waals surface area (Å²) in [6, 6.07) is 7.56. The normalized spacial score (nSPS) is 10.5. The standard InChI is InChI=1S/C14H17N3OS/c1-9-13(10(2)17(3)16-9)15-14(18)11-5-7-12(19-4)8-6-11/h5-8H,1-4H3,(H,15,18). The van der Waals surface area contributed by atoms with Gasteiger partial charge >= 0.3 is 0 Å². The lowest BCUT2D eigenvalue weighted by Crippen LogP contribution is -2.13. The van der Waals surface area contributed by atoms with Crippen molar-refractivity contribution < 1.29 is 4.79 Å². The largest absolute Gasteiger partial charge is 0.319 e. The number of rotatable bonds is 3. The molecule has 1 N–H and O–H groups in total. The van der Waals surface area contributed by atoms with E-state index in [2.05, 4.69) is 10.4 Å². The molecule has 0 saturated heterocycles. The number of thioether (sulfide) groups is 1. The van der Waals surface area contributed by atoms with Crippen LogP contribution in [0.3, 0.4) is 0 Å². The van der Waals surface area contributed by atoms with Crippen LogP contribution < -0.4 is 5.32 Å². The third-order valence-corrected chi connectivity index (χ3v) is 3.84. The number of benzene rings is 1. The Bertz CT molecular complexity index is 602. The minimum atomic E-state index is -0.105. The predicted molar refractivity (Wildman–Crippen MR) is 78.9 cm³/mol. The van der Waals surface area contributed by atoms with Gasteiger partial charge in [-0.1, -0.05) is 0 Å². The van der Waals surface area contributed by atoms with Crippen LogP contribution in [0.4, 0.5) is 5.69 Å². The van der Waals surface area contributed by atoms with E-state index in [1.165, 1.54) is 0 Å². The number of amides is 1. The molecule has 0 spiro atoms. The Morgan fingerprint density at radius 3 is 2.37 bits per heavy atom. The van der Waals surface area contributed by atoms with Gasteiger partial charge in [-0.05, 0) is 44.4 Å². The van der Waals surface area contributed by atoms with Crippen molar-refractivity contribution in [2.45, 2.75) is 18.7 Å². The summed E-state index contributed by atoms with van der Waals surface area (Å²) in [4.78, 5) is 13.3. The summed E-state index contributed by atoms with van der Waals surface area (Å²) in [6.07, 6.45) is 2.01. The number of anilines is 1. The molecule has 0 aliphatic heterocycles. The van der Waals surface area contributed by atoms with Crippen LogP contribution in [0.1, 0.15) is 21.7 Å². The van der Waals surface area contributed by atoms with Crippen LogP contribution in [0.15, 0.2) is 29.2 Å². The Hall–Kier alpha value is -1.75. The molecule has 0 atom stereocenters. The van der Waals surface area contributed by atoms with Gasteiger partial charge in [-0.15, -0.1) is 11.8 Å². The number of carbonyl (C=O) groups is 1. The SMILES string of the molecule is CSc1ccc(C(=O)Nc2c(C)nn(C)c2C)cc1. The van der Waals surface area contributed by atoms with Crippen molar-refractivity contribution in [3.8, 4) is 0 Å². The van der Waals surface area contributed by atoms with Crippen molar-refractivity contribution in [2.75, 3.05) is 11.6 Å². The highest BCUT2D eigenvalue weighted by atomic mass is 32.2. The monoisotopic (exact) mass is 275 g/mol. The maximum Gasteiger partial charge on any atom is 0.255 e. The van der Waals surface area contributed by atoms with Gasteiger partial charge in [-0.25, -0.2) is 0 Å². The van der Waals surface area contributed by atoms with Gasteiger partial charge in [0.15, 0.2) is 0 Å². The summed E-state index contributed by atoms with van der Waals surface area (Å²) < 4.78 is 1.77. The molecular formula is C14H17N3OS. The van der Waals surface area contributed by atoms with E-state index in [1.807, 2.05) is 51.4 Å². The van der Waals surface area contributed by atoms with Gasteiger partial charge in [0.25, 0.3) is 5.91 Å². The van der Waals surface area contributed by atoms with E-state index in [0.29, 0.717) is 5.56 Å². The molecule has 1 aromatic heterocycles. The highest BCUT2D eigenvalue weighted by Gasteiger charge is 2.13. The van der Waals surface area contributed by atoms with Crippen LogP contribution in [-0.4, -0.2) is 21.9 Å². The molecular weight excluding hydrogens is 258 g/mol. The minimum absolute atomic E-state index is 0.105. The Balaban J connectivity index is 2.20. The molecule has 0 saturated carbocycles. The fraction of sp³-hybridized carbons (Fsp3) is 0.286. The van der Waals surface area contributed by atoms with E-state index < -0.39 is 0 Å². The number of hydrogen-bond donors (Lipinski definition) is 1. The summed E-state index contributed by atoms with van der Waals surface area (Å²) in [5, 5.41) is 7.21. The topological polar surface area (TPSA) is 46.9 Å². The first-order valence-corrected chi connectivity index (χ1v) is 7.21. The number of nitrogens with zero attached hydrogens (tertiary/aromatic N) is 2. The average Bonchev–Trinajstić information content (AvgIpc) is 2.65. The molecule has 2 rings (SSSR count). The Morgan fingerprint density at radius 1 is 1.26 bits per heavy atom. The number of aryl methyl sites for hydroxylation is 2. The molecule has 5 heteroatoms. The summed E-state index contributed by atoms with van der Waals surface area (Å²) in [5.74, 6) is -0.105. The summed E-state index contributed by atoms with van der Waals surface area (Å²) in [7, 11) is 1.87. The van der Waals surface area contributed by atoms with Gasteiger partial charge in [0, 0.05) is 17.5 Å². The van der Waals surface area contributed by atoms with Crippen LogP contribution in [0, 0.1) is 13.8 Å². The van der Waals surface area contributed by atoms with Crippen molar-refractivity contribution in [1.82, 2.24) is 9.78 Å². The van der Waals surface area contributed by atoms with Gasteiger partial charge in [0.2, 0.25) is 0 Å². The molecule has 0 aliphatic rings. The van der Waals surface area contributed by atoms with Gasteiger partial charge in [0.05, 0.1) is 17.1 Å². The number of aromatic nitrogens is 2. The maximum atomic E-state index is 12.2. The van der Waals surface area contributed by atoms with E-state index >= 15 is 0 Å². The molecule has 1 amide bonds. The van der Waals surface area contributed by atoms with Crippen LogP contribution in [0.5, 0.6) is 0 Å². The molecule has 2 aromatic rings. The highest BCUT2D eigenvalue weighted by Crippen LogP contribution is 2.20. The van der Waals surface area contributed by atoms with Crippen molar-refractivity contribution in [2.24, 2.45) is 7.05 Å². The lowest BCUT2D eigenvalue weighted by Gasteiger charge is -2.06. The fourth-order valence-electron chi connectivity index (χ4n) is 1.88. The average molecular weight is 275 g/mol. The first-order valence-electron chi connectivity index (χ1n) is 5.98. The van der Waals surface area contributed by atoms with Crippen LogP contribution in [0.25, 0.3) is 0 Å². The molecule has 19 heavy (non-hydrogen) atoms. The first-order chi connectivity index (χ1) is 9.02. The molecule has 1 heterocycles. The molecule has 4 nitrogen and oxygen atoms in total. The summed E-state index contributed by atoms with van der Waals surface area (Å²) >= 11 is 1.66. The Kier molecular flexibility index (Phi) is 3.95. The second-order valence-electron chi connectivity index (χ2n) is 4.35. The van der Waals surface area contributed by atoms with E-state index in [4.69, 9.17) is 0 Å². The molecule has 0 bridgehead atoms. The quantitative estimate of drug-likeness (QED) is 0.876. The van der Waals surface area contributed by atoms with Crippen molar-refractivity contribution in [3.63, 3.8) is 0 Å². The van der Waals surface area contributed by atoms with E-state index in [-0.39, 0.29) is 5.91 Å². The van der Waals surface area contributed by atoms with Gasteiger partial charge in [-0.3, -0.25) is 9.48 Å². The summed E-state index contributed by atoms with van der Waals surface area (Å²) in [5.41, 5.74) is 3.22. The number of carbonyl (C=O) groups excluding carboxylic acids is 1. The van der Waals surface area contributed by atoms with E-state index in [9.17, 15) is 4.79 Å². The first kappa shape index (κ1) is 13.7. The molecule has 1 aromatic carbocycles. The van der Waals surface area contributed by atoms with Crippen LogP contribution in [-0.2, 0) is 7.05 Å². The van der Waals surface area contributed by atoms with Gasteiger partial charge in [0.1, 0.15) is 0 Å². The highest BCUT2D eigenvalue weighted by molar-refractivity contribution is 7.98. The summed E-state index contributed by atoms with van der Waals surface area (Å²) in [6.45, 7) is 3.83. The minimum Gasteiger partial charge on any atom is -0.319 e. The second-order valence-corrected chi connectivity index (χ2v) is 5.23. The van der Waals surface area contributed by atoms with Crippen molar-refractivity contribution >= 4 is 23.4 Å². The lowest BCUT2D eigenvalue weighted by molar-refractivity contribution is 0.102. The van der Waals surface area contributed by atoms with Crippen molar-refractivity contribution in [3.05, 3.63) is 41.2 Å². The molecule has 100 valence electrons. The van der Waals surface area contributed by atoms with Gasteiger partial charge < -0.3 is 5.32 Å². The van der Waals surface area contributed by atoms with Crippen LogP contribution in [0.2, 0.25) is 0 Å². The number of hydrogen-bond acceptors (Lipinski definition) is 3. The Labute approximate surface area is 117 Å². The fourth-order valence-corrected chi connectivity index (χ4v) is 2.29. The molecule has 0 aliphatic carbocycles. The van der Waals surface area contributed by atoms with E-state index in [1.54, 1.807) is 16.4 Å². The third-order valence-electron chi connectivity index (χ3n) is 3.10. The van der Waals surface area contributed by atoms with Crippen molar-refractivity contribution in [1.29, 1.82) is 0 Å². The number of nitrogens with one attached hydrogen (secondary N) is 1. The predicted octanol–water partition coefficient (Wildman–Crippen LogP) is 3.01. The molecule has 0 fully saturated rings. The molecule has 0 radical (unpaired) electrons. The Morgan fingerprint density at radius 2 is 1.89 bits per heavy atom. The zero-order valence-corrected chi connectivity index (χ0v) is 12.3. The van der Waals surface area contributed by atoms with Crippen LogP contribution >= 0.6 is 11.8 Å². The zero-order valence-electron chi connectivity index (χ0n) is 11.5. The lowest BCUT2D eigenvalue weighted by atomic mass is 10.2. The zero-order chi connectivity index (χ0) is 14.0. The smallest absolute Gasteiger partial charge is 0.255 e. The third kappa shape index (κ3) is 2.81.